The van der Waals surface area contributed by atoms with Gasteiger partial charge < -0.3 is 9.72 Å². The van der Waals surface area contributed by atoms with Crippen molar-refractivity contribution in [1.82, 2.24) is 9.97 Å². The second-order valence-electron chi connectivity index (χ2n) is 4.64. The Balaban J connectivity index is 1.65. The van der Waals surface area contributed by atoms with E-state index in [9.17, 15) is 4.79 Å². The van der Waals surface area contributed by atoms with Gasteiger partial charge in [0.2, 0.25) is 5.95 Å². The monoisotopic (exact) mass is 294 g/mol. The smallest absolute Gasteiger partial charge is 0.308 e. The fourth-order valence-corrected chi connectivity index (χ4v) is 1.96. The zero-order chi connectivity index (χ0) is 15.4. The number of imidazole rings is 1. The molecule has 0 saturated carbocycles. The number of hydrazone groups is 1. The van der Waals surface area contributed by atoms with Crippen LogP contribution in [-0.4, -0.2) is 22.2 Å². The highest BCUT2D eigenvalue weighted by Gasteiger charge is 2.00. The Morgan fingerprint density at radius 2 is 2.00 bits per heavy atom. The predicted molar refractivity (Wildman–Crippen MR) is 85.1 cm³/mol. The van der Waals surface area contributed by atoms with Crippen LogP contribution in [0.3, 0.4) is 0 Å². The molecule has 0 saturated heterocycles. The normalized spacial score (nSPS) is 11.0. The minimum absolute atomic E-state index is 0.340. The topological polar surface area (TPSA) is 79.4 Å². The second-order valence-corrected chi connectivity index (χ2v) is 4.64. The maximum atomic E-state index is 10.8. The van der Waals surface area contributed by atoms with E-state index >= 15 is 0 Å². The predicted octanol–water partition coefficient (Wildman–Crippen LogP) is 2.93. The molecule has 1 heterocycles. The molecule has 0 unspecified atom stereocenters. The van der Waals surface area contributed by atoms with Crippen LogP contribution in [0.4, 0.5) is 5.95 Å². The van der Waals surface area contributed by atoms with Gasteiger partial charge in [0.1, 0.15) is 5.75 Å². The number of nitrogens with one attached hydrogen (secondary N) is 2. The zero-order valence-electron chi connectivity index (χ0n) is 11.9. The summed E-state index contributed by atoms with van der Waals surface area (Å²) in [5.74, 6) is 0.747. The van der Waals surface area contributed by atoms with Gasteiger partial charge in [0, 0.05) is 6.92 Å². The number of benzene rings is 2. The number of carbonyl (C=O) groups excluding carboxylic acids is 1. The average molecular weight is 294 g/mol. The van der Waals surface area contributed by atoms with Crippen LogP contribution in [0.1, 0.15) is 12.5 Å². The standard InChI is InChI=1S/C16H14N4O2/c1-11(21)22-13-8-6-12(7-9-13)10-17-20-16-18-14-4-2-3-5-15(14)19-16/h2-10H,1H3,(H2,18,19,20)/b17-10-. The lowest BCUT2D eigenvalue weighted by Crippen LogP contribution is -2.01. The maximum absolute atomic E-state index is 10.8. The first-order valence-electron chi connectivity index (χ1n) is 6.73. The van der Waals surface area contributed by atoms with Crippen LogP contribution in [0.25, 0.3) is 11.0 Å². The lowest BCUT2D eigenvalue weighted by Gasteiger charge is -2.00. The number of para-hydroxylation sites is 2. The van der Waals surface area contributed by atoms with Crippen molar-refractivity contribution in [1.29, 1.82) is 0 Å². The molecule has 0 spiro atoms. The number of hydrogen-bond donors (Lipinski definition) is 2. The fourth-order valence-electron chi connectivity index (χ4n) is 1.96. The number of ether oxygens (including phenoxy) is 1. The second kappa shape index (κ2) is 6.09. The van der Waals surface area contributed by atoms with Crippen molar-refractivity contribution in [3.05, 3.63) is 54.1 Å². The van der Waals surface area contributed by atoms with E-state index in [-0.39, 0.29) is 5.97 Å². The van der Waals surface area contributed by atoms with Crippen LogP contribution in [0.15, 0.2) is 53.6 Å². The zero-order valence-corrected chi connectivity index (χ0v) is 11.9. The molecule has 22 heavy (non-hydrogen) atoms. The number of aromatic nitrogens is 2. The molecule has 1 aromatic heterocycles. The third-order valence-electron chi connectivity index (χ3n) is 2.92. The molecule has 110 valence electrons. The Bertz CT molecular complexity index is 789. The molecule has 0 aliphatic heterocycles. The number of esters is 1. The average Bonchev–Trinajstić information content (AvgIpc) is 2.91. The summed E-state index contributed by atoms with van der Waals surface area (Å²) in [6, 6.07) is 14.8. The van der Waals surface area contributed by atoms with E-state index in [0.717, 1.165) is 16.6 Å². The number of hydrogen-bond acceptors (Lipinski definition) is 5. The molecule has 2 N–H and O–H groups in total. The lowest BCUT2D eigenvalue weighted by atomic mass is 10.2. The summed E-state index contributed by atoms with van der Waals surface area (Å²) < 4.78 is 4.96. The molecular weight excluding hydrogens is 280 g/mol. The van der Waals surface area contributed by atoms with Crippen LogP contribution in [0.5, 0.6) is 5.75 Å². The van der Waals surface area contributed by atoms with Crippen LogP contribution in [0, 0.1) is 0 Å². The van der Waals surface area contributed by atoms with Gasteiger partial charge in [-0.05, 0) is 42.0 Å². The molecule has 0 radical (unpaired) electrons. The van der Waals surface area contributed by atoms with E-state index in [1.807, 2.05) is 36.4 Å². The first kappa shape index (κ1) is 13.8. The first-order valence-corrected chi connectivity index (χ1v) is 6.73. The molecule has 0 bridgehead atoms. The summed E-state index contributed by atoms with van der Waals surface area (Å²) in [7, 11) is 0. The number of aromatic amines is 1. The molecule has 0 fully saturated rings. The van der Waals surface area contributed by atoms with Crippen LogP contribution in [0.2, 0.25) is 0 Å². The van der Waals surface area contributed by atoms with Gasteiger partial charge in [-0.15, -0.1) is 0 Å². The molecule has 3 rings (SSSR count). The quantitative estimate of drug-likeness (QED) is 0.335. The van der Waals surface area contributed by atoms with E-state index in [1.165, 1.54) is 6.92 Å². The molecular formula is C16H14N4O2. The number of carbonyl (C=O) groups is 1. The molecule has 0 aliphatic carbocycles. The number of rotatable bonds is 4. The highest BCUT2D eigenvalue weighted by molar-refractivity contribution is 5.81. The summed E-state index contributed by atoms with van der Waals surface area (Å²) in [5, 5.41) is 4.12. The van der Waals surface area contributed by atoms with Crippen LogP contribution < -0.4 is 10.2 Å². The van der Waals surface area contributed by atoms with Crippen molar-refractivity contribution in [2.75, 3.05) is 5.43 Å². The molecule has 6 heteroatoms. The molecule has 0 aliphatic rings. The third kappa shape index (κ3) is 3.29. The van der Waals surface area contributed by atoms with Gasteiger partial charge in [-0.1, -0.05) is 12.1 Å². The minimum Gasteiger partial charge on any atom is -0.427 e. The lowest BCUT2D eigenvalue weighted by molar-refractivity contribution is -0.131. The fraction of sp³-hybridized carbons (Fsp3) is 0.0625. The first-order chi connectivity index (χ1) is 10.7. The Kier molecular flexibility index (Phi) is 3.82. The summed E-state index contributed by atoms with van der Waals surface area (Å²) in [5.41, 5.74) is 5.55. The van der Waals surface area contributed by atoms with Crippen molar-refractivity contribution >= 4 is 29.2 Å². The number of nitrogens with zero attached hydrogens (tertiary/aromatic N) is 2. The molecule has 2 aromatic carbocycles. The van der Waals surface area contributed by atoms with E-state index in [2.05, 4.69) is 20.5 Å². The Morgan fingerprint density at radius 1 is 1.23 bits per heavy atom. The van der Waals surface area contributed by atoms with Gasteiger partial charge in [0.05, 0.1) is 17.2 Å². The van der Waals surface area contributed by atoms with Crippen molar-refractivity contribution in [2.45, 2.75) is 6.92 Å². The molecule has 3 aromatic rings. The Labute approximate surface area is 126 Å². The highest BCUT2D eigenvalue weighted by atomic mass is 16.5. The van der Waals surface area contributed by atoms with Gasteiger partial charge in [-0.25, -0.2) is 10.4 Å². The van der Waals surface area contributed by atoms with E-state index in [1.54, 1.807) is 18.3 Å². The summed E-state index contributed by atoms with van der Waals surface area (Å²) in [6.45, 7) is 1.37. The van der Waals surface area contributed by atoms with Crippen LogP contribution in [-0.2, 0) is 4.79 Å². The highest BCUT2D eigenvalue weighted by Crippen LogP contribution is 2.13. The maximum Gasteiger partial charge on any atom is 0.308 e. The van der Waals surface area contributed by atoms with Gasteiger partial charge >= 0.3 is 5.97 Å². The Morgan fingerprint density at radius 3 is 2.73 bits per heavy atom. The number of fused-ring (bicyclic) bond motifs is 1. The Hall–Kier alpha value is -3.15. The van der Waals surface area contributed by atoms with Gasteiger partial charge in [0.25, 0.3) is 0 Å². The van der Waals surface area contributed by atoms with Crippen molar-refractivity contribution in [2.24, 2.45) is 5.10 Å². The van der Waals surface area contributed by atoms with Gasteiger partial charge in [-0.2, -0.15) is 5.10 Å². The summed E-state index contributed by atoms with van der Waals surface area (Å²) in [4.78, 5) is 18.3. The third-order valence-corrected chi connectivity index (χ3v) is 2.92. The van der Waals surface area contributed by atoms with Crippen LogP contribution >= 0.6 is 0 Å². The van der Waals surface area contributed by atoms with E-state index in [4.69, 9.17) is 4.74 Å². The van der Waals surface area contributed by atoms with Gasteiger partial charge in [0.15, 0.2) is 0 Å². The number of H-pyrrole nitrogens is 1. The SMILES string of the molecule is CC(=O)Oc1ccc(/C=N\Nc2nc3ccccc3[nH]2)cc1. The molecule has 0 atom stereocenters. The minimum atomic E-state index is -0.340. The largest absolute Gasteiger partial charge is 0.427 e. The van der Waals surface area contributed by atoms with Crippen molar-refractivity contribution in [3.8, 4) is 5.75 Å². The molecule has 6 nitrogen and oxygen atoms in total. The number of anilines is 1. The van der Waals surface area contributed by atoms with E-state index in [0.29, 0.717) is 11.7 Å². The van der Waals surface area contributed by atoms with Crippen molar-refractivity contribution in [3.63, 3.8) is 0 Å². The summed E-state index contributed by atoms with van der Waals surface area (Å²) in [6.07, 6.45) is 1.66. The van der Waals surface area contributed by atoms with E-state index < -0.39 is 0 Å². The summed E-state index contributed by atoms with van der Waals surface area (Å²) >= 11 is 0. The van der Waals surface area contributed by atoms with Gasteiger partial charge in [-0.3, -0.25) is 4.79 Å². The molecule has 0 amide bonds. The van der Waals surface area contributed by atoms with Crippen molar-refractivity contribution < 1.29 is 9.53 Å².